The number of nitrogens with zero attached hydrogens (tertiary/aromatic N) is 4. The van der Waals surface area contributed by atoms with Crippen molar-refractivity contribution in [2.24, 2.45) is 0 Å². The Morgan fingerprint density at radius 1 is 0.351 bits per heavy atom. The predicted molar refractivity (Wildman–Crippen MR) is 230 cm³/mol. The van der Waals surface area contributed by atoms with Gasteiger partial charge in [0.05, 0.1) is 22.1 Å². The summed E-state index contributed by atoms with van der Waals surface area (Å²) in [5.41, 5.74) is 11.3. The highest BCUT2D eigenvalue weighted by atomic mass is 16.3. The van der Waals surface area contributed by atoms with Gasteiger partial charge in [0.25, 0.3) is 0 Å². The molecule has 6 nitrogen and oxygen atoms in total. The van der Waals surface area contributed by atoms with Crippen molar-refractivity contribution in [1.82, 2.24) is 19.5 Å². The molecule has 4 aromatic heterocycles. The van der Waals surface area contributed by atoms with Gasteiger partial charge in [0, 0.05) is 54.7 Å². The van der Waals surface area contributed by atoms with Crippen molar-refractivity contribution in [3.63, 3.8) is 0 Å². The summed E-state index contributed by atoms with van der Waals surface area (Å²) >= 11 is 0. The average molecular weight is 731 g/mol. The van der Waals surface area contributed by atoms with Gasteiger partial charge in [-0.3, -0.25) is 0 Å². The van der Waals surface area contributed by atoms with Crippen LogP contribution in [0.2, 0.25) is 0 Å². The number of rotatable bonds is 5. The van der Waals surface area contributed by atoms with Gasteiger partial charge in [0.2, 0.25) is 0 Å². The fourth-order valence-electron chi connectivity index (χ4n) is 8.50. The molecule has 0 bridgehead atoms. The van der Waals surface area contributed by atoms with E-state index in [1.165, 1.54) is 10.8 Å². The topological polar surface area (TPSA) is 69.9 Å². The van der Waals surface area contributed by atoms with Gasteiger partial charge in [0.1, 0.15) is 22.3 Å². The van der Waals surface area contributed by atoms with Gasteiger partial charge in [-0.05, 0) is 42.5 Å². The highest BCUT2D eigenvalue weighted by Gasteiger charge is 2.22. The highest BCUT2D eigenvalue weighted by molar-refractivity contribution is 6.18. The average Bonchev–Trinajstić information content (AvgIpc) is 3.96. The number of hydrogen-bond acceptors (Lipinski definition) is 5. The zero-order valence-corrected chi connectivity index (χ0v) is 30.4. The smallest absolute Gasteiger partial charge is 0.164 e. The van der Waals surface area contributed by atoms with Gasteiger partial charge in [-0.2, -0.15) is 0 Å². The Hall–Kier alpha value is -7.83. The van der Waals surface area contributed by atoms with Gasteiger partial charge < -0.3 is 13.4 Å². The second-order valence-electron chi connectivity index (χ2n) is 14.3. The van der Waals surface area contributed by atoms with Crippen LogP contribution >= 0.6 is 0 Å². The lowest BCUT2D eigenvalue weighted by Crippen LogP contribution is -2.00. The third kappa shape index (κ3) is 4.87. The minimum atomic E-state index is 0.598. The van der Waals surface area contributed by atoms with E-state index in [1.54, 1.807) is 0 Å². The number of aromatic nitrogens is 4. The molecule has 0 radical (unpaired) electrons. The number of benzene rings is 8. The largest absolute Gasteiger partial charge is 0.455 e. The van der Waals surface area contributed by atoms with E-state index >= 15 is 0 Å². The van der Waals surface area contributed by atoms with Crippen LogP contribution in [-0.4, -0.2) is 19.5 Å². The molecule has 8 aromatic carbocycles. The quantitative estimate of drug-likeness (QED) is 0.176. The number of para-hydroxylation sites is 4. The van der Waals surface area contributed by atoms with Crippen molar-refractivity contribution in [3.05, 3.63) is 182 Å². The molecule has 4 heterocycles. The van der Waals surface area contributed by atoms with Gasteiger partial charge in [-0.25, -0.2) is 15.0 Å². The van der Waals surface area contributed by atoms with Crippen molar-refractivity contribution in [2.45, 2.75) is 0 Å². The molecule has 0 N–H and O–H groups in total. The second kappa shape index (κ2) is 12.3. The third-order valence-electron chi connectivity index (χ3n) is 11.1. The maximum atomic E-state index is 6.82. The van der Waals surface area contributed by atoms with E-state index in [9.17, 15) is 0 Å². The zero-order valence-electron chi connectivity index (χ0n) is 30.4. The molecule has 6 heteroatoms. The van der Waals surface area contributed by atoms with Crippen LogP contribution in [0.15, 0.2) is 191 Å². The Bertz CT molecular complexity index is 3410. The summed E-state index contributed by atoms with van der Waals surface area (Å²) in [7, 11) is 0. The Balaban J connectivity index is 1.03. The SMILES string of the molecule is c1ccc(-c2nc(-c3ccccc3)nc(-c3ccc4oc5c(-c6cccc7c6oc6cccc(-n8c9ccccc9c9ccccc98)c67)cccc5c4c3)n2)cc1. The van der Waals surface area contributed by atoms with Crippen LogP contribution in [0.5, 0.6) is 0 Å². The maximum absolute atomic E-state index is 6.82. The van der Waals surface area contributed by atoms with Crippen LogP contribution in [0.3, 0.4) is 0 Å². The first kappa shape index (κ1) is 31.5. The normalized spacial score (nSPS) is 11.9. The maximum Gasteiger partial charge on any atom is 0.164 e. The first-order valence-corrected chi connectivity index (χ1v) is 19.0. The van der Waals surface area contributed by atoms with Crippen LogP contribution in [-0.2, 0) is 0 Å². The van der Waals surface area contributed by atoms with Gasteiger partial charge in [0.15, 0.2) is 17.5 Å². The molecule has 0 aliphatic carbocycles. The van der Waals surface area contributed by atoms with Crippen LogP contribution in [0, 0.1) is 0 Å². The molecule has 0 aliphatic heterocycles. The van der Waals surface area contributed by atoms with E-state index in [2.05, 4.69) is 114 Å². The van der Waals surface area contributed by atoms with E-state index in [4.69, 9.17) is 23.8 Å². The van der Waals surface area contributed by atoms with Gasteiger partial charge in [-0.15, -0.1) is 0 Å². The first-order valence-electron chi connectivity index (χ1n) is 19.0. The molecule has 12 aromatic rings. The third-order valence-corrected chi connectivity index (χ3v) is 11.1. The molecule has 0 spiro atoms. The summed E-state index contributed by atoms with van der Waals surface area (Å²) in [5.74, 6) is 1.85. The van der Waals surface area contributed by atoms with Gasteiger partial charge >= 0.3 is 0 Å². The summed E-state index contributed by atoms with van der Waals surface area (Å²) in [6.45, 7) is 0. The molecular formula is C51H30N4O2. The van der Waals surface area contributed by atoms with Crippen molar-refractivity contribution in [3.8, 4) is 51.0 Å². The number of fused-ring (bicyclic) bond motifs is 9. The predicted octanol–water partition coefficient (Wildman–Crippen LogP) is 13.4. The minimum Gasteiger partial charge on any atom is -0.455 e. The summed E-state index contributed by atoms with van der Waals surface area (Å²) < 4.78 is 15.9. The molecule has 0 amide bonds. The monoisotopic (exact) mass is 730 g/mol. The molecule has 0 unspecified atom stereocenters. The first-order chi connectivity index (χ1) is 28.3. The Morgan fingerprint density at radius 2 is 0.860 bits per heavy atom. The van der Waals surface area contributed by atoms with E-state index in [1.807, 2.05) is 72.8 Å². The summed E-state index contributed by atoms with van der Waals surface area (Å²) in [6, 6.07) is 62.5. The van der Waals surface area contributed by atoms with E-state index in [0.29, 0.717) is 17.5 Å². The lowest BCUT2D eigenvalue weighted by atomic mass is 9.99. The second-order valence-corrected chi connectivity index (χ2v) is 14.3. The van der Waals surface area contributed by atoms with E-state index in [-0.39, 0.29) is 0 Å². The van der Waals surface area contributed by atoms with E-state index in [0.717, 1.165) is 88.4 Å². The van der Waals surface area contributed by atoms with Crippen LogP contribution < -0.4 is 0 Å². The fraction of sp³-hybridized carbons (Fsp3) is 0. The molecular weight excluding hydrogens is 701 g/mol. The molecule has 266 valence electrons. The fourth-order valence-corrected chi connectivity index (χ4v) is 8.50. The lowest BCUT2D eigenvalue weighted by molar-refractivity contribution is 0.665. The van der Waals surface area contributed by atoms with Crippen LogP contribution in [0.4, 0.5) is 0 Å². The Labute approximate surface area is 325 Å². The van der Waals surface area contributed by atoms with Gasteiger partial charge in [-0.1, -0.05) is 140 Å². The van der Waals surface area contributed by atoms with Crippen molar-refractivity contribution >= 4 is 65.7 Å². The molecule has 0 atom stereocenters. The van der Waals surface area contributed by atoms with E-state index < -0.39 is 0 Å². The van der Waals surface area contributed by atoms with Crippen molar-refractivity contribution < 1.29 is 8.83 Å². The van der Waals surface area contributed by atoms with Crippen molar-refractivity contribution in [2.75, 3.05) is 0 Å². The van der Waals surface area contributed by atoms with Crippen LogP contribution in [0.25, 0.3) is 117 Å². The molecule has 12 rings (SSSR count). The van der Waals surface area contributed by atoms with Crippen LogP contribution in [0.1, 0.15) is 0 Å². The molecule has 0 aliphatic rings. The highest BCUT2D eigenvalue weighted by Crippen LogP contribution is 2.44. The molecule has 0 fully saturated rings. The summed E-state index contributed by atoms with van der Waals surface area (Å²) in [5, 5.41) is 6.56. The standard InChI is InChI=1S/C51H30N4O2/c1-3-14-31(15-4-1)49-52-50(32-16-5-2-6-17-32)54-51(53-49)33-28-29-44-40(30-33)38-22-11-20-36(47(38)56-44)37-21-12-23-39-46-43(26-13-27-45(46)57-48(37)39)55-41-24-9-7-18-34(41)35-19-8-10-25-42(35)55/h1-30H. The Morgan fingerprint density at radius 3 is 1.51 bits per heavy atom. The number of hydrogen-bond donors (Lipinski definition) is 0. The van der Waals surface area contributed by atoms with Crippen molar-refractivity contribution in [1.29, 1.82) is 0 Å². The molecule has 0 saturated heterocycles. The molecule has 57 heavy (non-hydrogen) atoms. The summed E-state index contributed by atoms with van der Waals surface area (Å²) in [4.78, 5) is 14.8. The lowest BCUT2D eigenvalue weighted by Gasteiger charge is -2.09. The molecule has 0 saturated carbocycles. The Kier molecular flexibility index (Phi) is 6.83. The minimum absolute atomic E-state index is 0.598. The number of furan rings is 2. The summed E-state index contributed by atoms with van der Waals surface area (Å²) in [6.07, 6.45) is 0. The zero-order chi connectivity index (χ0) is 37.5.